The number of aromatic nitrogens is 3. The average molecular weight is 590 g/mol. The van der Waals surface area contributed by atoms with E-state index in [1.54, 1.807) is 18.1 Å². The Morgan fingerprint density at radius 1 is 0.976 bits per heavy atom. The van der Waals surface area contributed by atoms with E-state index in [0.29, 0.717) is 12.2 Å². The number of carbonyl (C=O) groups excluding carboxylic acids is 1. The summed E-state index contributed by atoms with van der Waals surface area (Å²) in [6.07, 6.45) is 9.04. The summed E-state index contributed by atoms with van der Waals surface area (Å²) in [6, 6.07) is 15.6. The maximum Gasteiger partial charge on any atom is 0.319 e. The lowest BCUT2D eigenvalue weighted by Gasteiger charge is -2.56. The predicted molar refractivity (Wildman–Crippen MR) is 160 cm³/mol. The van der Waals surface area contributed by atoms with Gasteiger partial charge in [-0.15, -0.1) is 10.2 Å². The van der Waals surface area contributed by atoms with E-state index in [9.17, 15) is 9.90 Å². The van der Waals surface area contributed by atoms with E-state index >= 15 is 0 Å². The van der Waals surface area contributed by atoms with Gasteiger partial charge in [0.05, 0.1) is 18.8 Å². The molecule has 2 heterocycles. The fraction of sp³-hybridized carbons (Fsp3) is 0.531. The van der Waals surface area contributed by atoms with Crippen LogP contribution in [0.2, 0.25) is 0 Å². The molecule has 3 atom stereocenters. The molecule has 222 valence electrons. The first-order valence-electron chi connectivity index (χ1n) is 15.1. The summed E-state index contributed by atoms with van der Waals surface area (Å²) in [5, 5.41) is 24.9. The Hall–Kier alpha value is -2.92. The third-order valence-electron chi connectivity index (χ3n) is 9.54. The molecule has 10 heteroatoms. The number of thioether (sulfide) groups is 1. The van der Waals surface area contributed by atoms with Gasteiger partial charge in [-0.1, -0.05) is 48.2 Å². The molecule has 0 radical (unpaired) electrons. The average Bonchev–Trinajstić information content (AvgIpc) is 3.39. The highest BCUT2D eigenvalue weighted by Crippen LogP contribution is 2.55. The van der Waals surface area contributed by atoms with Crippen LogP contribution in [0.3, 0.4) is 0 Å². The van der Waals surface area contributed by atoms with Gasteiger partial charge in [0.15, 0.2) is 11.4 Å². The first kappa shape index (κ1) is 27.9. The van der Waals surface area contributed by atoms with Crippen LogP contribution in [0.4, 0.5) is 10.5 Å². The van der Waals surface area contributed by atoms with Gasteiger partial charge in [-0.2, -0.15) is 0 Å². The van der Waals surface area contributed by atoms with Gasteiger partial charge < -0.3 is 29.8 Å². The van der Waals surface area contributed by atoms with Crippen molar-refractivity contribution in [2.24, 2.45) is 24.8 Å². The number of ether oxygens (including phenoxy) is 2. The lowest BCUT2D eigenvalue weighted by molar-refractivity contribution is -0.245. The molecule has 4 aliphatic carbocycles. The topological polar surface area (TPSA) is 111 Å². The number of rotatable bonds is 8. The summed E-state index contributed by atoms with van der Waals surface area (Å²) < 4.78 is 14.8. The van der Waals surface area contributed by atoms with Gasteiger partial charge in [0, 0.05) is 36.0 Å². The third-order valence-corrected chi connectivity index (χ3v) is 10.7. The zero-order chi connectivity index (χ0) is 28.7. The zero-order valence-corrected chi connectivity index (χ0v) is 24.8. The minimum absolute atomic E-state index is 0.00938. The number of carbonyl (C=O) groups is 1. The number of nitrogens with one attached hydrogen (secondary N) is 2. The van der Waals surface area contributed by atoms with Crippen molar-refractivity contribution in [2.45, 2.75) is 80.7 Å². The molecule has 4 saturated carbocycles. The van der Waals surface area contributed by atoms with Crippen LogP contribution in [0.25, 0.3) is 0 Å². The molecule has 9 nitrogen and oxygen atoms in total. The Morgan fingerprint density at radius 3 is 2.26 bits per heavy atom. The number of hydrogen-bond acceptors (Lipinski definition) is 7. The molecule has 0 unspecified atom stereocenters. The maximum atomic E-state index is 13.1. The van der Waals surface area contributed by atoms with Gasteiger partial charge >= 0.3 is 6.03 Å². The molecule has 1 aromatic heterocycles. The maximum absolute atomic E-state index is 13.1. The monoisotopic (exact) mass is 589 g/mol. The molecule has 5 fully saturated rings. The van der Waals surface area contributed by atoms with Crippen molar-refractivity contribution < 1.29 is 19.4 Å². The number of aliphatic hydroxyl groups is 1. The molecule has 2 amide bonds. The first-order valence-corrected chi connectivity index (χ1v) is 16.1. The molecular formula is C32H39N5O4S. The molecule has 5 aliphatic rings. The standard InChI is InChI=1S/C32H39N5O4S/c1-37-19-33-36-31(37)42-18-27-13-28(24-4-2-20(17-38)3-5-24)41-29(40-27)25-6-8-26(9-7-25)34-30(39)35-32-14-21-10-22(15-32)12-23(11-21)16-32/h2-9,19,21-23,27-29,38H,10-18H2,1H3,(H2,34,35,39)/t21?,22?,23?,27-,28+,29+,32?/m1/s1. The minimum Gasteiger partial charge on any atom is -0.392 e. The molecule has 8 rings (SSSR count). The number of amides is 2. The highest BCUT2D eigenvalue weighted by Gasteiger charge is 2.51. The normalized spacial score (nSPS) is 31.7. The third kappa shape index (κ3) is 5.95. The summed E-state index contributed by atoms with van der Waals surface area (Å²) in [6.45, 7) is 0.00938. The molecule has 3 N–H and O–H groups in total. The van der Waals surface area contributed by atoms with Gasteiger partial charge in [-0.3, -0.25) is 0 Å². The smallest absolute Gasteiger partial charge is 0.319 e. The van der Waals surface area contributed by atoms with Crippen LogP contribution in [0, 0.1) is 17.8 Å². The summed E-state index contributed by atoms with van der Waals surface area (Å²) >= 11 is 1.61. The number of nitrogens with zero attached hydrogens (tertiary/aromatic N) is 3. The van der Waals surface area contributed by atoms with Gasteiger partial charge in [-0.05, 0) is 79.5 Å². The molecule has 3 aromatic rings. The van der Waals surface area contributed by atoms with Crippen LogP contribution in [0.15, 0.2) is 60.0 Å². The highest BCUT2D eigenvalue weighted by molar-refractivity contribution is 7.99. The van der Waals surface area contributed by atoms with E-state index in [4.69, 9.17) is 9.47 Å². The highest BCUT2D eigenvalue weighted by atomic mass is 32.2. The van der Waals surface area contributed by atoms with Gasteiger partial charge in [-0.25, -0.2) is 4.79 Å². The predicted octanol–water partition coefficient (Wildman–Crippen LogP) is 5.74. The number of urea groups is 1. The van der Waals surface area contributed by atoms with E-state index < -0.39 is 6.29 Å². The number of anilines is 1. The summed E-state index contributed by atoms with van der Waals surface area (Å²) in [5.74, 6) is 3.06. The lowest BCUT2D eigenvalue weighted by atomic mass is 9.53. The Labute approximate surface area is 250 Å². The summed E-state index contributed by atoms with van der Waals surface area (Å²) in [7, 11) is 1.93. The van der Waals surface area contributed by atoms with Crippen molar-refractivity contribution in [3.63, 3.8) is 0 Å². The van der Waals surface area contributed by atoms with Crippen LogP contribution in [-0.4, -0.2) is 43.3 Å². The number of hydrogen-bond donors (Lipinski definition) is 3. The van der Waals surface area contributed by atoms with Crippen LogP contribution < -0.4 is 10.6 Å². The van der Waals surface area contributed by atoms with Crippen molar-refractivity contribution in [3.05, 3.63) is 71.5 Å². The minimum atomic E-state index is -0.554. The molecule has 2 aromatic carbocycles. The van der Waals surface area contributed by atoms with Gasteiger partial charge in [0.25, 0.3) is 0 Å². The second kappa shape index (κ2) is 11.6. The zero-order valence-electron chi connectivity index (χ0n) is 23.9. The molecule has 0 spiro atoms. The first-order chi connectivity index (χ1) is 20.4. The van der Waals surface area contributed by atoms with E-state index in [1.807, 2.05) is 60.1 Å². The number of benzene rings is 2. The fourth-order valence-corrected chi connectivity index (χ4v) is 8.89. The Bertz CT molecular complexity index is 1360. The van der Waals surface area contributed by atoms with Crippen molar-refractivity contribution >= 4 is 23.5 Å². The quantitative estimate of drug-likeness (QED) is 0.288. The van der Waals surface area contributed by atoms with E-state index in [1.165, 1.54) is 19.3 Å². The number of aryl methyl sites for hydroxylation is 1. The number of aliphatic hydroxyl groups excluding tert-OH is 1. The van der Waals surface area contributed by atoms with E-state index in [2.05, 4.69) is 20.8 Å². The molecule has 1 saturated heterocycles. The van der Waals surface area contributed by atoms with Crippen LogP contribution >= 0.6 is 11.8 Å². The van der Waals surface area contributed by atoms with Crippen molar-refractivity contribution in [1.29, 1.82) is 0 Å². The van der Waals surface area contributed by atoms with Crippen molar-refractivity contribution in [3.8, 4) is 0 Å². The Kier molecular flexibility index (Phi) is 7.73. The lowest BCUT2D eigenvalue weighted by Crippen LogP contribution is -2.60. The Balaban J connectivity index is 1.02. The van der Waals surface area contributed by atoms with Gasteiger partial charge in [0.2, 0.25) is 0 Å². The van der Waals surface area contributed by atoms with Crippen molar-refractivity contribution in [2.75, 3.05) is 11.1 Å². The molecular weight excluding hydrogens is 550 g/mol. The van der Waals surface area contributed by atoms with Crippen LogP contribution in [0.5, 0.6) is 0 Å². The summed E-state index contributed by atoms with van der Waals surface area (Å²) in [4.78, 5) is 13.1. The van der Waals surface area contributed by atoms with Gasteiger partial charge in [0.1, 0.15) is 6.33 Å². The summed E-state index contributed by atoms with van der Waals surface area (Å²) in [5.41, 5.74) is 3.54. The fourth-order valence-electron chi connectivity index (χ4n) is 7.98. The second-order valence-corrected chi connectivity index (χ2v) is 13.8. The molecule has 4 bridgehead atoms. The SMILES string of the molecule is Cn1cnnc1SC[C@H]1C[C@@H](c2ccc(CO)cc2)O[C@@H](c2ccc(NC(=O)NC34CC5CC(CC(C5)C3)C4)cc2)O1. The second-order valence-electron chi connectivity index (χ2n) is 12.8. The van der Waals surface area contributed by atoms with E-state index in [-0.39, 0.29) is 30.4 Å². The van der Waals surface area contributed by atoms with Crippen LogP contribution in [-0.2, 0) is 23.1 Å². The van der Waals surface area contributed by atoms with E-state index in [0.717, 1.165) is 64.6 Å². The molecule has 1 aliphatic heterocycles. The Morgan fingerprint density at radius 2 is 1.64 bits per heavy atom. The van der Waals surface area contributed by atoms with Crippen LogP contribution in [0.1, 0.15) is 74.0 Å². The molecule has 42 heavy (non-hydrogen) atoms. The van der Waals surface area contributed by atoms with Crippen molar-refractivity contribution in [1.82, 2.24) is 20.1 Å². The largest absolute Gasteiger partial charge is 0.392 e.